The fraction of sp³-hybridized carbons (Fsp3) is 0.273. The molecule has 0 atom stereocenters. The van der Waals surface area contributed by atoms with Gasteiger partial charge in [0, 0.05) is 37.6 Å². The zero-order valence-corrected chi connectivity index (χ0v) is 17.3. The van der Waals surface area contributed by atoms with E-state index >= 15 is 0 Å². The van der Waals surface area contributed by atoms with Crippen molar-refractivity contribution < 1.29 is 4.74 Å². The maximum Gasteiger partial charge on any atom is 0.226 e. The molecule has 1 saturated heterocycles. The maximum atomic E-state index is 9.06. The number of pyridine rings is 1. The van der Waals surface area contributed by atoms with Gasteiger partial charge in [-0.15, -0.1) is 0 Å². The number of anilines is 2. The molecule has 4 rings (SSSR count). The maximum absolute atomic E-state index is 9.06. The SMILES string of the molecule is Cc1cc(C#N)cc(Cl)c1Oc1ccnc(NC2CCN(c3cccnc3)CC2)n1. The number of benzene rings is 1. The third-order valence-corrected chi connectivity index (χ3v) is 5.32. The van der Waals surface area contributed by atoms with Crippen LogP contribution in [0.4, 0.5) is 11.6 Å². The number of hydrogen-bond donors (Lipinski definition) is 1. The molecule has 0 spiro atoms. The number of rotatable bonds is 5. The first-order chi connectivity index (χ1) is 14.6. The second kappa shape index (κ2) is 8.97. The molecule has 1 aliphatic rings. The Morgan fingerprint density at radius 3 is 2.77 bits per heavy atom. The number of aryl methyl sites for hydroxylation is 1. The van der Waals surface area contributed by atoms with Crippen LogP contribution in [0.5, 0.6) is 11.6 Å². The fourth-order valence-electron chi connectivity index (χ4n) is 3.50. The van der Waals surface area contributed by atoms with E-state index in [9.17, 15) is 0 Å². The lowest BCUT2D eigenvalue weighted by Gasteiger charge is -2.33. The minimum Gasteiger partial charge on any atom is -0.437 e. The average molecular weight is 421 g/mol. The highest BCUT2D eigenvalue weighted by Gasteiger charge is 2.20. The van der Waals surface area contributed by atoms with Gasteiger partial charge in [-0.25, -0.2) is 4.98 Å². The Kier molecular flexibility index (Phi) is 5.96. The number of aromatic nitrogens is 3. The minimum atomic E-state index is 0.286. The van der Waals surface area contributed by atoms with Crippen LogP contribution in [0.25, 0.3) is 0 Å². The van der Waals surface area contributed by atoms with Crippen LogP contribution in [-0.2, 0) is 0 Å². The summed E-state index contributed by atoms with van der Waals surface area (Å²) >= 11 is 6.28. The summed E-state index contributed by atoms with van der Waals surface area (Å²) < 4.78 is 5.90. The Hall–Kier alpha value is -3.37. The summed E-state index contributed by atoms with van der Waals surface area (Å²) in [5.74, 6) is 1.41. The second-order valence-corrected chi connectivity index (χ2v) is 7.56. The molecule has 8 heteroatoms. The molecule has 3 heterocycles. The van der Waals surface area contributed by atoms with Gasteiger partial charge in [-0.1, -0.05) is 11.6 Å². The molecule has 0 unspecified atom stereocenters. The van der Waals surface area contributed by atoms with Crippen LogP contribution in [-0.4, -0.2) is 34.1 Å². The molecule has 0 amide bonds. The van der Waals surface area contributed by atoms with Gasteiger partial charge in [0.25, 0.3) is 0 Å². The lowest BCUT2D eigenvalue weighted by molar-refractivity contribution is 0.457. The highest BCUT2D eigenvalue weighted by molar-refractivity contribution is 6.32. The van der Waals surface area contributed by atoms with Crippen molar-refractivity contribution in [3.05, 3.63) is 65.1 Å². The molecule has 7 nitrogen and oxygen atoms in total. The van der Waals surface area contributed by atoms with Crippen molar-refractivity contribution in [3.8, 4) is 17.7 Å². The number of piperidine rings is 1. The number of halogens is 1. The zero-order valence-electron chi connectivity index (χ0n) is 16.5. The molecular weight excluding hydrogens is 400 g/mol. The zero-order chi connectivity index (χ0) is 20.9. The highest BCUT2D eigenvalue weighted by Crippen LogP contribution is 2.33. The summed E-state index contributed by atoms with van der Waals surface area (Å²) in [7, 11) is 0. The van der Waals surface area contributed by atoms with Gasteiger partial charge in [0.05, 0.1) is 28.5 Å². The number of ether oxygens (including phenoxy) is 1. The topological polar surface area (TPSA) is 87.0 Å². The molecule has 0 radical (unpaired) electrons. The Bertz CT molecular complexity index is 1040. The molecule has 0 aliphatic carbocycles. The number of nitrogens with zero attached hydrogens (tertiary/aromatic N) is 5. The van der Waals surface area contributed by atoms with Crippen molar-refractivity contribution >= 4 is 23.2 Å². The van der Waals surface area contributed by atoms with Crippen molar-refractivity contribution in [2.75, 3.05) is 23.3 Å². The van der Waals surface area contributed by atoms with Crippen molar-refractivity contribution in [2.45, 2.75) is 25.8 Å². The van der Waals surface area contributed by atoms with Crippen LogP contribution in [0.3, 0.4) is 0 Å². The lowest BCUT2D eigenvalue weighted by Crippen LogP contribution is -2.39. The molecule has 152 valence electrons. The quantitative estimate of drug-likeness (QED) is 0.646. The van der Waals surface area contributed by atoms with Crippen molar-refractivity contribution in [3.63, 3.8) is 0 Å². The van der Waals surface area contributed by atoms with Crippen LogP contribution < -0.4 is 15.0 Å². The van der Waals surface area contributed by atoms with Crippen molar-refractivity contribution in [1.29, 1.82) is 5.26 Å². The molecule has 0 saturated carbocycles. The number of nitriles is 1. The molecule has 1 fully saturated rings. The van der Waals surface area contributed by atoms with Gasteiger partial charge < -0.3 is 15.0 Å². The molecular formula is C22H21ClN6O. The Morgan fingerprint density at radius 1 is 1.23 bits per heavy atom. The van der Waals surface area contributed by atoms with Gasteiger partial charge in [-0.2, -0.15) is 10.2 Å². The molecule has 30 heavy (non-hydrogen) atoms. The first kappa shape index (κ1) is 19.9. The van der Waals surface area contributed by atoms with Crippen LogP contribution in [0.1, 0.15) is 24.0 Å². The van der Waals surface area contributed by atoms with E-state index in [4.69, 9.17) is 21.6 Å². The smallest absolute Gasteiger partial charge is 0.226 e. The lowest BCUT2D eigenvalue weighted by atomic mass is 10.0. The van der Waals surface area contributed by atoms with E-state index in [1.54, 1.807) is 30.6 Å². The second-order valence-electron chi connectivity index (χ2n) is 7.15. The normalized spacial score (nSPS) is 14.2. The van der Waals surface area contributed by atoms with E-state index in [0.717, 1.165) is 37.2 Å². The third-order valence-electron chi connectivity index (χ3n) is 5.03. The van der Waals surface area contributed by atoms with E-state index in [-0.39, 0.29) is 6.04 Å². The number of hydrogen-bond acceptors (Lipinski definition) is 7. The Labute approximate surface area is 180 Å². The van der Waals surface area contributed by atoms with E-state index < -0.39 is 0 Å². The first-order valence-electron chi connectivity index (χ1n) is 9.75. The monoisotopic (exact) mass is 420 g/mol. The van der Waals surface area contributed by atoms with Gasteiger partial charge in [-0.3, -0.25) is 4.98 Å². The fourth-order valence-corrected chi connectivity index (χ4v) is 3.81. The van der Waals surface area contributed by atoms with E-state index in [1.807, 2.05) is 19.2 Å². The molecule has 1 N–H and O–H groups in total. The largest absolute Gasteiger partial charge is 0.437 e. The Morgan fingerprint density at radius 2 is 2.07 bits per heavy atom. The predicted octanol–water partition coefficient (Wildman–Crippen LogP) is 4.58. The first-order valence-corrected chi connectivity index (χ1v) is 10.1. The minimum absolute atomic E-state index is 0.286. The van der Waals surface area contributed by atoms with Crippen LogP contribution >= 0.6 is 11.6 Å². The van der Waals surface area contributed by atoms with Crippen LogP contribution in [0.2, 0.25) is 5.02 Å². The van der Waals surface area contributed by atoms with Crippen LogP contribution in [0.15, 0.2) is 48.9 Å². The Balaban J connectivity index is 1.40. The summed E-state index contributed by atoms with van der Waals surface area (Å²) in [6, 6.07) is 11.4. The summed E-state index contributed by atoms with van der Waals surface area (Å²) in [6.45, 7) is 3.73. The van der Waals surface area contributed by atoms with E-state index in [1.165, 1.54) is 0 Å². The van der Waals surface area contributed by atoms with Crippen LogP contribution in [0, 0.1) is 18.3 Å². The molecule has 1 aliphatic heterocycles. The van der Waals surface area contributed by atoms with Crippen molar-refractivity contribution in [1.82, 2.24) is 15.0 Å². The van der Waals surface area contributed by atoms with Crippen molar-refractivity contribution in [2.24, 2.45) is 0 Å². The predicted molar refractivity (Wildman–Crippen MR) is 116 cm³/mol. The highest BCUT2D eigenvalue weighted by atomic mass is 35.5. The van der Waals surface area contributed by atoms with E-state index in [2.05, 4.69) is 37.3 Å². The molecule has 3 aromatic rings. The van der Waals surface area contributed by atoms with Gasteiger partial charge in [0.1, 0.15) is 0 Å². The van der Waals surface area contributed by atoms with Gasteiger partial charge in [0.2, 0.25) is 11.8 Å². The standard InChI is InChI=1S/C22H21ClN6O/c1-15-11-16(13-24)12-19(23)21(15)30-20-4-8-26-22(28-20)27-17-5-9-29(10-6-17)18-3-2-7-25-14-18/h2-4,7-8,11-12,14,17H,5-6,9-10H2,1H3,(H,26,27,28). The molecule has 2 aromatic heterocycles. The van der Waals surface area contributed by atoms with Gasteiger partial charge in [0.15, 0.2) is 5.75 Å². The summed E-state index contributed by atoms with van der Waals surface area (Å²) in [6.07, 6.45) is 7.29. The van der Waals surface area contributed by atoms with E-state index in [0.29, 0.717) is 28.2 Å². The molecule has 1 aromatic carbocycles. The summed E-state index contributed by atoms with van der Waals surface area (Å²) in [5.41, 5.74) is 2.42. The summed E-state index contributed by atoms with van der Waals surface area (Å²) in [4.78, 5) is 15.3. The average Bonchev–Trinajstić information content (AvgIpc) is 2.77. The van der Waals surface area contributed by atoms with Gasteiger partial charge >= 0.3 is 0 Å². The number of nitrogens with one attached hydrogen (secondary N) is 1. The summed E-state index contributed by atoms with van der Waals surface area (Å²) in [5, 5.41) is 12.8. The molecule has 0 bridgehead atoms. The third kappa shape index (κ3) is 4.61. The van der Waals surface area contributed by atoms with Gasteiger partial charge in [-0.05, 0) is 49.6 Å².